The molecule has 0 spiro atoms. The summed E-state index contributed by atoms with van der Waals surface area (Å²) in [6.07, 6.45) is 4.49. The molecule has 1 fully saturated rings. The number of aryl methyl sites for hydroxylation is 1. The molecule has 0 radical (unpaired) electrons. The number of imidazole rings is 1. The molecule has 0 bridgehead atoms. The predicted molar refractivity (Wildman–Crippen MR) is 68.0 cm³/mol. The van der Waals surface area contributed by atoms with E-state index in [1.165, 1.54) is 17.4 Å². The van der Waals surface area contributed by atoms with Crippen LogP contribution in [0.4, 0.5) is 0 Å². The van der Waals surface area contributed by atoms with Crippen LogP contribution in [0, 0.1) is 11.3 Å². The molecule has 0 aliphatic carbocycles. The summed E-state index contributed by atoms with van der Waals surface area (Å²) in [5, 5.41) is 11.5. The van der Waals surface area contributed by atoms with Crippen molar-refractivity contribution in [3.05, 3.63) is 18.2 Å². The third-order valence-corrected chi connectivity index (χ3v) is 3.17. The van der Waals surface area contributed by atoms with Crippen molar-refractivity contribution in [2.24, 2.45) is 7.05 Å². The van der Waals surface area contributed by atoms with Gasteiger partial charge in [-0.2, -0.15) is 5.26 Å². The number of likely N-dealkylation sites (tertiary alicyclic amines) is 1. The maximum atomic E-state index is 11.9. The quantitative estimate of drug-likeness (QED) is 0.825. The van der Waals surface area contributed by atoms with Gasteiger partial charge in [0.2, 0.25) is 5.91 Å². The van der Waals surface area contributed by atoms with Crippen LogP contribution in [0.1, 0.15) is 24.8 Å². The zero-order valence-electron chi connectivity index (χ0n) is 10.7. The van der Waals surface area contributed by atoms with Crippen molar-refractivity contribution in [1.29, 1.82) is 5.26 Å². The summed E-state index contributed by atoms with van der Waals surface area (Å²) in [6.45, 7) is 0.487. The van der Waals surface area contributed by atoms with Crippen LogP contribution < -0.4 is 5.32 Å². The number of hydrogen-bond acceptors (Lipinski definition) is 4. The van der Waals surface area contributed by atoms with Gasteiger partial charge in [0.25, 0.3) is 5.91 Å². The van der Waals surface area contributed by atoms with Crippen LogP contribution in [0.3, 0.4) is 0 Å². The van der Waals surface area contributed by atoms with Crippen LogP contribution in [-0.4, -0.2) is 45.4 Å². The van der Waals surface area contributed by atoms with Crippen LogP contribution in [-0.2, 0) is 11.8 Å². The van der Waals surface area contributed by atoms with Crippen LogP contribution >= 0.6 is 0 Å². The Labute approximate surface area is 112 Å². The van der Waals surface area contributed by atoms with Crippen molar-refractivity contribution >= 4 is 11.8 Å². The summed E-state index contributed by atoms with van der Waals surface area (Å²) in [6, 6.07) is 1.74. The Hall–Kier alpha value is -2.36. The fraction of sp³-hybridized carbons (Fsp3) is 0.500. The average molecular weight is 263 g/mol. The average Bonchev–Trinajstić information content (AvgIpc) is 3.03. The Balaban J connectivity index is 0.00000200. The zero-order valence-corrected chi connectivity index (χ0v) is 10.7. The van der Waals surface area contributed by atoms with E-state index in [-0.39, 0.29) is 25.8 Å². The lowest BCUT2D eigenvalue weighted by Gasteiger charge is -2.19. The molecule has 2 amide bonds. The van der Waals surface area contributed by atoms with Crippen LogP contribution in [0.5, 0.6) is 0 Å². The molecular weight excluding hydrogens is 246 g/mol. The van der Waals surface area contributed by atoms with Crippen molar-refractivity contribution < 1.29 is 11.0 Å². The highest BCUT2D eigenvalue weighted by molar-refractivity contribution is 5.95. The van der Waals surface area contributed by atoms with E-state index in [9.17, 15) is 9.59 Å². The Morgan fingerprint density at radius 2 is 2.47 bits per heavy atom. The van der Waals surface area contributed by atoms with Crippen molar-refractivity contribution in [3.63, 3.8) is 0 Å². The van der Waals surface area contributed by atoms with Crippen LogP contribution in [0.2, 0.25) is 0 Å². The molecule has 102 valence electrons. The third kappa shape index (κ3) is 2.73. The Morgan fingerprint density at radius 3 is 3.11 bits per heavy atom. The van der Waals surface area contributed by atoms with E-state index in [1.54, 1.807) is 11.6 Å². The van der Waals surface area contributed by atoms with Crippen molar-refractivity contribution in [2.45, 2.75) is 18.9 Å². The summed E-state index contributed by atoms with van der Waals surface area (Å²) in [5.74, 6) is -0.569. The van der Waals surface area contributed by atoms with Gasteiger partial charge in [-0.1, -0.05) is 0 Å². The summed E-state index contributed by atoms with van der Waals surface area (Å²) in [4.78, 5) is 29.1. The first kappa shape index (κ1) is 13.1. The standard InChI is InChI=1S/C12H15N5O2.H2/c1-16-8-14-6-10(16)12(19)15-7-11(18)17-4-2-3-9(17)5-13;/h6,8-9H,2-4,7H2,1H3,(H,15,19);1H. The molecule has 1 aliphatic heterocycles. The number of nitriles is 1. The molecule has 1 unspecified atom stereocenters. The Kier molecular flexibility index (Phi) is 3.80. The molecule has 7 heteroatoms. The van der Waals surface area contributed by atoms with Gasteiger partial charge in [0.05, 0.1) is 25.1 Å². The molecule has 1 atom stereocenters. The largest absolute Gasteiger partial charge is 0.342 e. The number of hydrogen-bond donors (Lipinski definition) is 1. The third-order valence-electron chi connectivity index (χ3n) is 3.17. The summed E-state index contributed by atoms with van der Waals surface area (Å²) in [7, 11) is 1.70. The minimum absolute atomic E-state index is 0. The fourth-order valence-electron chi connectivity index (χ4n) is 2.12. The monoisotopic (exact) mass is 263 g/mol. The Morgan fingerprint density at radius 1 is 1.68 bits per heavy atom. The van der Waals surface area contributed by atoms with Gasteiger partial charge in [-0.3, -0.25) is 9.59 Å². The van der Waals surface area contributed by atoms with Gasteiger partial charge in [0.1, 0.15) is 11.7 Å². The van der Waals surface area contributed by atoms with Gasteiger partial charge in [-0.25, -0.2) is 4.98 Å². The molecule has 2 heterocycles. The summed E-state index contributed by atoms with van der Waals surface area (Å²) in [5.41, 5.74) is 0.394. The molecule has 19 heavy (non-hydrogen) atoms. The van der Waals surface area contributed by atoms with Gasteiger partial charge in [-0.15, -0.1) is 0 Å². The lowest BCUT2D eigenvalue weighted by atomic mass is 10.2. The fourth-order valence-corrected chi connectivity index (χ4v) is 2.12. The van der Waals surface area contributed by atoms with E-state index in [4.69, 9.17) is 5.26 Å². The first-order valence-corrected chi connectivity index (χ1v) is 6.07. The topological polar surface area (TPSA) is 91.0 Å². The van der Waals surface area contributed by atoms with Gasteiger partial charge < -0.3 is 14.8 Å². The predicted octanol–water partition coefficient (Wildman–Crippen LogP) is -0.0895. The van der Waals surface area contributed by atoms with E-state index in [0.717, 1.165) is 6.42 Å². The second-order valence-electron chi connectivity index (χ2n) is 4.45. The second kappa shape index (κ2) is 5.52. The van der Waals surface area contributed by atoms with Gasteiger partial charge >= 0.3 is 0 Å². The maximum absolute atomic E-state index is 11.9. The number of amides is 2. The van der Waals surface area contributed by atoms with E-state index in [0.29, 0.717) is 18.7 Å². The molecule has 1 aromatic heterocycles. The SMILES string of the molecule is Cn1cncc1C(=O)NCC(=O)N1CCCC1C#N.[HH]. The zero-order chi connectivity index (χ0) is 13.8. The van der Waals surface area contributed by atoms with Crippen molar-refractivity contribution in [1.82, 2.24) is 19.8 Å². The summed E-state index contributed by atoms with van der Waals surface area (Å²) < 4.78 is 1.58. The van der Waals surface area contributed by atoms with Crippen LogP contribution in [0.15, 0.2) is 12.5 Å². The highest BCUT2D eigenvalue weighted by Gasteiger charge is 2.28. The minimum atomic E-state index is -0.360. The number of nitrogens with zero attached hydrogens (tertiary/aromatic N) is 4. The normalized spacial score (nSPS) is 18.1. The first-order valence-electron chi connectivity index (χ1n) is 6.07. The van der Waals surface area contributed by atoms with Gasteiger partial charge in [0, 0.05) is 15.0 Å². The highest BCUT2D eigenvalue weighted by Crippen LogP contribution is 2.15. The molecule has 1 aromatic rings. The number of rotatable bonds is 3. The molecule has 1 N–H and O–H groups in total. The maximum Gasteiger partial charge on any atom is 0.269 e. The van der Waals surface area contributed by atoms with Gasteiger partial charge in [-0.05, 0) is 12.8 Å². The molecule has 0 aromatic carbocycles. The molecule has 1 aliphatic rings. The minimum Gasteiger partial charge on any atom is -0.342 e. The van der Waals surface area contributed by atoms with Gasteiger partial charge in [0.15, 0.2) is 0 Å². The molecule has 1 saturated heterocycles. The highest BCUT2D eigenvalue weighted by atomic mass is 16.2. The molecule has 0 saturated carbocycles. The number of aromatic nitrogens is 2. The molecular formula is C12H17N5O2. The van der Waals surface area contributed by atoms with Crippen molar-refractivity contribution in [2.75, 3.05) is 13.1 Å². The number of carbonyl (C=O) groups excluding carboxylic acids is 2. The van der Waals surface area contributed by atoms with Crippen molar-refractivity contribution in [3.8, 4) is 6.07 Å². The summed E-state index contributed by atoms with van der Waals surface area (Å²) >= 11 is 0. The number of nitrogens with one attached hydrogen (secondary N) is 1. The van der Waals surface area contributed by atoms with E-state index in [2.05, 4.69) is 16.4 Å². The second-order valence-corrected chi connectivity index (χ2v) is 4.45. The smallest absolute Gasteiger partial charge is 0.269 e. The first-order chi connectivity index (χ1) is 9.13. The van der Waals surface area contributed by atoms with E-state index in [1.807, 2.05) is 0 Å². The van der Waals surface area contributed by atoms with Crippen LogP contribution in [0.25, 0.3) is 0 Å². The Bertz CT molecular complexity index is 536. The molecule has 7 nitrogen and oxygen atoms in total. The lowest BCUT2D eigenvalue weighted by molar-refractivity contribution is -0.130. The lowest BCUT2D eigenvalue weighted by Crippen LogP contribution is -2.42. The van der Waals surface area contributed by atoms with E-state index >= 15 is 0 Å². The molecule has 2 rings (SSSR count). The number of carbonyl (C=O) groups is 2. The van der Waals surface area contributed by atoms with E-state index < -0.39 is 0 Å².